The van der Waals surface area contributed by atoms with Crippen LogP contribution in [0.2, 0.25) is 0 Å². The van der Waals surface area contributed by atoms with Crippen LogP contribution in [0.3, 0.4) is 0 Å². The maximum atomic E-state index is 14.0. The van der Waals surface area contributed by atoms with Gasteiger partial charge in [-0.25, -0.2) is 8.78 Å². The van der Waals surface area contributed by atoms with E-state index >= 15 is 0 Å². The number of carbonyl (C=O) groups excluding carboxylic acids is 2. The number of amides is 2. The molecule has 2 amide bonds. The van der Waals surface area contributed by atoms with Crippen LogP contribution in [0, 0.1) is 18.6 Å². The lowest BCUT2D eigenvalue weighted by Crippen LogP contribution is -2.56. The number of nitrogens with one attached hydrogen (secondary N) is 2. The topological polar surface area (TPSA) is 74.3 Å². The molecule has 0 unspecified atom stereocenters. The Kier molecular flexibility index (Phi) is 6.87. The zero-order chi connectivity index (χ0) is 20.8. The number of benzene rings is 1. The zero-order valence-corrected chi connectivity index (χ0v) is 16.3. The lowest BCUT2D eigenvalue weighted by molar-refractivity contribution is -0.134. The zero-order valence-electron chi connectivity index (χ0n) is 16.3. The first-order valence-corrected chi connectivity index (χ1v) is 9.57. The summed E-state index contributed by atoms with van der Waals surface area (Å²) >= 11 is 0. The van der Waals surface area contributed by atoms with Crippen LogP contribution in [-0.4, -0.2) is 47.4 Å². The molecule has 1 fully saturated rings. The predicted molar refractivity (Wildman–Crippen MR) is 104 cm³/mol. The molecule has 1 aromatic carbocycles. The SMILES string of the molecule is Cc1cccnc1CCNC(=O)C[C@@H]1C(=O)NCCN1Cc1cccc(F)c1F. The number of piperazine rings is 1. The Morgan fingerprint density at radius 1 is 1.31 bits per heavy atom. The Labute approximate surface area is 168 Å². The van der Waals surface area contributed by atoms with E-state index in [1.807, 2.05) is 19.1 Å². The summed E-state index contributed by atoms with van der Waals surface area (Å²) in [6.07, 6.45) is 2.25. The van der Waals surface area contributed by atoms with E-state index in [0.717, 1.165) is 17.3 Å². The monoisotopic (exact) mass is 402 g/mol. The van der Waals surface area contributed by atoms with Crippen molar-refractivity contribution in [2.75, 3.05) is 19.6 Å². The third-order valence-electron chi connectivity index (χ3n) is 5.03. The van der Waals surface area contributed by atoms with Gasteiger partial charge >= 0.3 is 0 Å². The first-order chi connectivity index (χ1) is 14.0. The number of aryl methyl sites for hydroxylation is 1. The van der Waals surface area contributed by atoms with Crippen LogP contribution >= 0.6 is 0 Å². The van der Waals surface area contributed by atoms with E-state index in [0.29, 0.717) is 26.1 Å². The molecule has 2 N–H and O–H groups in total. The summed E-state index contributed by atoms with van der Waals surface area (Å²) in [4.78, 5) is 30.7. The fraction of sp³-hybridized carbons (Fsp3) is 0.381. The third-order valence-corrected chi connectivity index (χ3v) is 5.03. The van der Waals surface area contributed by atoms with Crippen molar-refractivity contribution in [3.8, 4) is 0 Å². The molecule has 8 heteroatoms. The quantitative estimate of drug-likeness (QED) is 0.740. The molecule has 1 aliphatic heterocycles. The van der Waals surface area contributed by atoms with Crippen LogP contribution in [0.4, 0.5) is 8.78 Å². The van der Waals surface area contributed by atoms with Crippen LogP contribution in [-0.2, 0) is 22.6 Å². The van der Waals surface area contributed by atoms with Crippen LogP contribution in [0.1, 0.15) is 23.2 Å². The molecule has 0 aliphatic carbocycles. The van der Waals surface area contributed by atoms with Gasteiger partial charge in [-0.15, -0.1) is 0 Å². The molecule has 2 heterocycles. The van der Waals surface area contributed by atoms with Gasteiger partial charge in [-0.1, -0.05) is 18.2 Å². The summed E-state index contributed by atoms with van der Waals surface area (Å²) in [6.45, 7) is 3.27. The lowest BCUT2D eigenvalue weighted by Gasteiger charge is -2.34. The molecule has 154 valence electrons. The second-order valence-corrected chi connectivity index (χ2v) is 7.06. The van der Waals surface area contributed by atoms with Gasteiger partial charge in [0.1, 0.15) is 0 Å². The molecule has 3 rings (SSSR count). The van der Waals surface area contributed by atoms with Crippen molar-refractivity contribution in [2.45, 2.75) is 32.4 Å². The van der Waals surface area contributed by atoms with Crippen molar-refractivity contribution < 1.29 is 18.4 Å². The van der Waals surface area contributed by atoms with Crippen LogP contribution in [0.5, 0.6) is 0 Å². The maximum absolute atomic E-state index is 14.0. The van der Waals surface area contributed by atoms with Crippen molar-refractivity contribution in [1.29, 1.82) is 0 Å². The summed E-state index contributed by atoms with van der Waals surface area (Å²) < 4.78 is 27.5. The van der Waals surface area contributed by atoms with E-state index < -0.39 is 17.7 Å². The largest absolute Gasteiger partial charge is 0.356 e. The van der Waals surface area contributed by atoms with E-state index in [-0.39, 0.29) is 30.3 Å². The third kappa shape index (κ3) is 5.35. The van der Waals surface area contributed by atoms with Crippen molar-refractivity contribution >= 4 is 11.8 Å². The van der Waals surface area contributed by atoms with Gasteiger partial charge < -0.3 is 10.6 Å². The highest BCUT2D eigenvalue weighted by atomic mass is 19.2. The molecule has 1 aromatic heterocycles. The summed E-state index contributed by atoms with van der Waals surface area (Å²) in [5.74, 6) is -2.41. The van der Waals surface area contributed by atoms with Gasteiger partial charge in [-0.2, -0.15) is 0 Å². The Hall–Kier alpha value is -2.87. The summed E-state index contributed by atoms with van der Waals surface area (Å²) in [5, 5.41) is 5.54. The van der Waals surface area contributed by atoms with Crippen molar-refractivity contribution in [1.82, 2.24) is 20.5 Å². The number of halogens is 2. The van der Waals surface area contributed by atoms with Crippen LogP contribution in [0.25, 0.3) is 0 Å². The van der Waals surface area contributed by atoms with Gasteiger partial charge in [0.05, 0.1) is 12.5 Å². The molecular weight excluding hydrogens is 378 g/mol. The molecule has 1 atom stereocenters. The van der Waals surface area contributed by atoms with Gasteiger partial charge in [0.25, 0.3) is 0 Å². The smallest absolute Gasteiger partial charge is 0.237 e. The van der Waals surface area contributed by atoms with Crippen molar-refractivity contribution in [3.05, 3.63) is 65.0 Å². The summed E-state index contributed by atoms with van der Waals surface area (Å²) in [6, 6.07) is 7.05. The minimum absolute atomic E-state index is 0.0516. The average Bonchev–Trinajstić information content (AvgIpc) is 2.69. The van der Waals surface area contributed by atoms with Crippen molar-refractivity contribution in [3.63, 3.8) is 0 Å². The highest BCUT2D eigenvalue weighted by molar-refractivity contribution is 5.88. The molecule has 29 heavy (non-hydrogen) atoms. The Morgan fingerprint density at radius 2 is 2.14 bits per heavy atom. The van der Waals surface area contributed by atoms with Crippen molar-refractivity contribution in [2.24, 2.45) is 0 Å². The number of pyridine rings is 1. The normalized spacial score (nSPS) is 17.1. The molecule has 0 radical (unpaired) electrons. The average molecular weight is 402 g/mol. The Balaban J connectivity index is 1.58. The number of rotatable bonds is 7. The Bertz CT molecular complexity index is 891. The van der Waals surface area contributed by atoms with Gasteiger partial charge in [0, 0.05) is 50.1 Å². The molecule has 0 saturated carbocycles. The highest BCUT2D eigenvalue weighted by Gasteiger charge is 2.32. The fourth-order valence-electron chi connectivity index (χ4n) is 3.41. The first-order valence-electron chi connectivity index (χ1n) is 9.57. The second kappa shape index (κ2) is 9.56. The van der Waals surface area contributed by atoms with Gasteiger partial charge in [-0.05, 0) is 24.6 Å². The predicted octanol–water partition coefficient (Wildman–Crippen LogP) is 1.72. The minimum Gasteiger partial charge on any atom is -0.356 e. The molecular formula is C21H24F2N4O2. The van der Waals surface area contributed by atoms with Crippen LogP contribution < -0.4 is 10.6 Å². The number of aromatic nitrogens is 1. The first kappa shape index (κ1) is 20.9. The minimum atomic E-state index is -0.928. The fourth-order valence-corrected chi connectivity index (χ4v) is 3.41. The van der Waals surface area contributed by atoms with E-state index in [9.17, 15) is 18.4 Å². The van der Waals surface area contributed by atoms with E-state index in [2.05, 4.69) is 15.6 Å². The number of hydrogen-bond donors (Lipinski definition) is 2. The van der Waals surface area contributed by atoms with E-state index in [1.54, 1.807) is 11.1 Å². The standard InChI is InChI=1S/C21H24F2N4O2/c1-14-4-3-8-24-17(14)7-9-25-19(28)12-18-21(29)26-10-11-27(18)13-15-5-2-6-16(22)20(15)23/h2-6,8,18H,7,9-13H2,1H3,(H,25,28)(H,26,29)/t18-/m1/s1. The van der Waals surface area contributed by atoms with Gasteiger partial charge in [0.2, 0.25) is 11.8 Å². The molecule has 0 spiro atoms. The second-order valence-electron chi connectivity index (χ2n) is 7.06. The number of carbonyl (C=O) groups is 2. The molecule has 0 bridgehead atoms. The number of hydrogen-bond acceptors (Lipinski definition) is 4. The van der Waals surface area contributed by atoms with Crippen LogP contribution in [0.15, 0.2) is 36.5 Å². The van der Waals surface area contributed by atoms with Gasteiger partial charge in [-0.3, -0.25) is 19.5 Å². The molecule has 1 saturated heterocycles. The van der Waals surface area contributed by atoms with E-state index in [4.69, 9.17) is 0 Å². The molecule has 6 nitrogen and oxygen atoms in total. The summed E-state index contributed by atoms with van der Waals surface area (Å²) in [7, 11) is 0. The van der Waals surface area contributed by atoms with Gasteiger partial charge in [0.15, 0.2) is 11.6 Å². The maximum Gasteiger partial charge on any atom is 0.237 e. The number of nitrogens with zero attached hydrogens (tertiary/aromatic N) is 2. The molecule has 1 aliphatic rings. The Morgan fingerprint density at radius 3 is 2.93 bits per heavy atom. The van der Waals surface area contributed by atoms with E-state index in [1.165, 1.54) is 12.1 Å². The molecule has 2 aromatic rings. The highest BCUT2D eigenvalue weighted by Crippen LogP contribution is 2.18. The summed E-state index contributed by atoms with van der Waals surface area (Å²) in [5.41, 5.74) is 2.12. The lowest BCUT2D eigenvalue weighted by atomic mass is 10.1.